The van der Waals surface area contributed by atoms with Gasteiger partial charge in [0, 0.05) is 5.56 Å². The number of rotatable bonds is 3. The number of thiophene rings is 1. The zero-order valence-electron chi connectivity index (χ0n) is 10.4. The van der Waals surface area contributed by atoms with E-state index in [0.717, 1.165) is 5.56 Å². The molecule has 102 valence electrons. The van der Waals surface area contributed by atoms with Crippen molar-refractivity contribution in [3.63, 3.8) is 0 Å². The first-order chi connectivity index (χ1) is 9.83. The molecule has 1 aromatic carbocycles. The second kappa shape index (κ2) is 5.75. The first-order valence-electron chi connectivity index (χ1n) is 6.01. The van der Waals surface area contributed by atoms with Crippen LogP contribution in [0.1, 0.15) is 15.2 Å². The van der Waals surface area contributed by atoms with Gasteiger partial charge in [0.1, 0.15) is 18.1 Å². The zero-order chi connectivity index (χ0) is 13.8. The molecule has 0 spiro atoms. The van der Waals surface area contributed by atoms with Gasteiger partial charge in [0.15, 0.2) is 11.5 Å². The number of fused-ring (bicyclic) bond motifs is 1. The molecule has 0 unspecified atom stereocenters. The highest BCUT2D eigenvalue weighted by molar-refractivity contribution is 7.11. The molecule has 20 heavy (non-hydrogen) atoms. The smallest absolute Gasteiger partial charge is 0.375 e. The first-order valence-corrected chi connectivity index (χ1v) is 6.89. The second-order valence-electron chi connectivity index (χ2n) is 3.99. The normalized spacial score (nSPS) is 13.4. The maximum atomic E-state index is 11.6. The SMILES string of the molecule is O=C(ON=Cc1ccc2c(c1)OCCO2)c1cccs1. The van der Waals surface area contributed by atoms with Crippen LogP contribution in [0.5, 0.6) is 11.5 Å². The molecule has 1 aliphatic rings. The van der Waals surface area contributed by atoms with Gasteiger partial charge in [-0.25, -0.2) is 4.79 Å². The van der Waals surface area contributed by atoms with Gasteiger partial charge in [0.2, 0.25) is 0 Å². The molecule has 0 amide bonds. The average Bonchev–Trinajstić information content (AvgIpc) is 3.01. The van der Waals surface area contributed by atoms with Crippen molar-refractivity contribution in [1.82, 2.24) is 0 Å². The third-order valence-corrected chi connectivity index (χ3v) is 3.48. The summed E-state index contributed by atoms with van der Waals surface area (Å²) >= 11 is 1.31. The van der Waals surface area contributed by atoms with Crippen LogP contribution in [0.3, 0.4) is 0 Å². The van der Waals surface area contributed by atoms with Gasteiger partial charge in [0.25, 0.3) is 0 Å². The van der Waals surface area contributed by atoms with Gasteiger partial charge < -0.3 is 14.3 Å². The molecule has 5 nitrogen and oxygen atoms in total. The number of carbonyl (C=O) groups excluding carboxylic acids is 1. The standard InChI is InChI=1S/C14H11NO4S/c16-14(13-2-1-7-20-13)19-15-9-10-3-4-11-12(8-10)18-6-5-17-11/h1-4,7-9H,5-6H2. The van der Waals surface area contributed by atoms with Crippen LogP contribution in [-0.2, 0) is 4.84 Å². The Morgan fingerprint density at radius 3 is 2.90 bits per heavy atom. The van der Waals surface area contributed by atoms with Gasteiger partial charge in [-0.2, -0.15) is 0 Å². The highest BCUT2D eigenvalue weighted by atomic mass is 32.1. The van der Waals surface area contributed by atoms with Crippen molar-refractivity contribution in [2.45, 2.75) is 0 Å². The quantitative estimate of drug-likeness (QED) is 0.495. The van der Waals surface area contributed by atoms with Gasteiger partial charge in [0.05, 0.1) is 6.21 Å². The monoisotopic (exact) mass is 289 g/mol. The van der Waals surface area contributed by atoms with Crippen LogP contribution in [-0.4, -0.2) is 25.4 Å². The van der Waals surface area contributed by atoms with E-state index < -0.39 is 5.97 Å². The molecule has 0 radical (unpaired) electrons. The van der Waals surface area contributed by atoms with Gasteiger partial charge in [-0.3, -0.25) is 0 Å². The van der Waals surface area contributed by atoms with E-state index in [1.54, 1.807) is 29.6 Å². The molecule has 0 saturated heterocycles. The number of hydrogen-bond donors (Lipinski definition) is 0. The molecule has 0 N–H and O–H groups in total. The van der Waals surface area contributed by atoms with Crippen molar-refractivity contribution < 1.29 is 19.1 Å². The maximum Gasteiger partial charge on any atom is 0.375 e. The summed E-state index contributed by atoms with van der Waals surface area (Å²) in [5, 5.41) is 5.49. The van der Waals surface area contributed by atoms with Crippen LogP contribution >= 0.6 is 11.3 Å². The van der Waals surface area contributed by atoms with Gasteiger partial charge in [-0.1, -0.05) is 11.2 Å². The lowest BCUT2D eigenvalue weighted by Gasteiger charge is -2.18. The first kappa shape index (κ1) is 12.7. The molecular formula is C14H11NO4S. The predicted octanol–water partition coefficient (Wildman–Crippen LogP) is 2.71. The van der Waals surface area contributed by atoms with E-state index in [0.29, 0.717) is 29.6 Å². The number of hydrogen-bond acceptors (Lipinski definition) is 6. The minimum Gasteiger partial charge on any atom is -0.486 e. The third-order valence-electron chi connectivity index (χ3n) is 2.63. The lowest BCUT2D eigenvalue weighted by Crippen LogP contribution is -2.15. The van der Waals surface area contributed by atoms with Crippen molar-refractivity contribution in [3.8, 4) is 11.5 Å². The van der Waals surface area contributed by atoms with Crippen molar-refractivity contribution in [2.75, 3.05) is 13.2 Å². The number of oxime groups is 1. The van der Waals surface area contributed by atoms with E-state index in [-0.39, 0.29) is 0 Å². The molecule has 0 fully saturated rings. The topological polar surface area (TPSA) is 57.1 Å². The Bertz CT molecular complexity index is 637. The fraction of sp³-hybridized carbons (Fsp3) is 0.143. The van der Waals surface area contributed by atoms with E-state index in [9.17, 15) is 4.79 Å². The Hall–Kier alpha value is -2.34. The molecule has 2 aromatic rings. The molecule has 3 rings (SSSR count). The van der Waals surface area contributed by atoms with Crippen LogP contribution in [0.4, 0.5) is 0 Å². The molecule has 1 aromatic heterocycles. The van der Waals surface area contributed by atoms with E-state index in [4.69, 9.17) is 14.3 Å². The largest absolute Gasteiger partial charge is 0.486 e. The second-order valence-corrected chi connectivity index (χ2v) is 4.94. The molecule has 0 bridgehead atoms. The summed E-state index contributed by atoms with van der Waals surface area (Å²) in [5.41, 5.74) is 0.772. The van der Waals surface area contributed by atoms with Crippen LogP contribution in [0.2, 0.25) is 0 Å². The minimum absolute atomic E-state index is 0.464. The molecule has 1 aliphatic heterocycles. The van der Waals surface area contributed by atoms with Crippen LogP contribution in [0.25, 0.3) is 0 Å². The highest BCUT2D eigenvalue weighted by Gasteiger charge is 2.11. The summed E-state index contributed by atoms with van der Waals surface area (Å²) in [6.07, 6.45) is 1.46. The summed E-state index contributed by atoms with van der Waals surface area (Å²) < 4.78 is 10.9. The number of benzene rings is 1. The van der Waals surface area contributed by atoms with Gasteiger partial charge in [-0.15, -0.1) is 11.3 Å². The molecular weight excluding hydrogens is 278 g/mol. The fourth-order valence-electron chi connectivity index (χ4n) is 1.72. The average molecular weight is 289 g/mol. The molecule has 0 atom stereocenters. The fourth-order valence-corrected chi connectivity index (χ4v) is 2.31. The highest BCUT2D eigenvalue weighted by Crippen LogP contribution is 2.30. The summed E-state index contributed by atoms with van der Waals surface area (Å²) in [6.45, 7) is 1.08. The summed E-state index contributed by atoms with van der Waals surface area (Å²) in [4.78, 5) is 16.9. The Morgan fingerprint density at radius 2 is 2.10 bits per heavy atom. The Labute approximate surface area is 119 Å². The van der Waals surface area contributed by atoms with E-state index in [1.807, 2.05) is 6.07 Å². The Kier molecular flexibility index (Phi) is 3.64. The molecule has 2 heterocycles. The third kappa shape index (κ3) is 2.80. The summed E-state index contributed by atoms with van der Waals surface area (Å²) in [7, 11) is 0. The Balaban J connectivity index is 1.65. The van der Waals surface area contributed by atoms with Crippen molar-refractivity contribution in [2.24, 2.45) is 5.16 Å². The van der Waals surface area contributed by atoms with Crippen molar-refractivity contribution in [3.05, 3.63) is 46.2 Å². The minimum atomic E-state index is -0.464. The number of nitrogens with zero attached hydrogens (tertiary/aromatic N) is 1. The summed E-state index contributed by atoms with van der Waals surface area (Å²) in [5.74, 6) is 0.919. The maximum absolute atomic E-state index is 11.6. The van der Waals surface area contributed by atoms with Crippen LogP contribution in [0, 0.1) is 0 Å². The molecule has 6 heteroatoms. The van der Waals surface area contributed by atoms with Crippen molar-refractivity contribution in [1.29, 1.82) is 0 Å². The summed E-state index contributed by atoms with van der Waals surface area (Å²) in [6, 6.07) is 8.88. The van der Waals surface area contributed by atoms with Crippen LogP contribution < -0.4 is 9.47 Å². The van der Waals surface area contributed by atoms with E-state index in [2.05, 4.69) is 5.16 Å². The zero-order valence-corrected chi connectivity index (χ0v) is 11.3. The van der Waals surface area contributed by atoms with Gasteiger partial charge in [-0.05, 0) is 29.6 Å². The lowest BCUT2D eigenvalue weighted by molar-refractivity contribution is 0.0525. The van der Waals surface area contributed by atoms with Gasteiger partial charge >= 0.3 is 5.97 Å². The predicted molar refractivity (Wildman–Crippen MR) is 74.8 cm³/mol. The number of ether oxygens (including phenoxy) is 2. The van der Waals surface area contributed by atoms with E-state index >= 15 is 0 Å². The molecule has 0 saturated carbocycles. The Morgan fingerprint density at radius 1 is 1.25 bits per heavy atom. The number of carbonyl (C=O) groups is 1. The van der Waals surface area contributed by atoms with Crippen LogP contribution in [0.15, 0.2) is 40.9 Å². The van der Waals surface area contributed by atoms with E-state index in [1.165, 1.54) is 17.6 Å². The lowest BCUT2D eigenvalue weighted by atomic mass is 10.2. The molecule has 0 aliphatic carbocycles. The van der Waals surface area contributed by atoms with Crippen molar-refractivity contribution >= 4 is 23.5 Å².